The van der Waals surface area contributed by atoms with E-state index < -0.39 is 0 Å². The van der Waals surface area contributed by atoms with Crippen molar-refractivity contribution in [2.75, 3.05) is 5.32 Å². The highest BCUT2D eigenvalue weighted by molar-refractivity contribution is 5.57. The van der Waals surface area contributed by atoms with Crippen LogP contribution in [0.5, 0.6) is 0 Å². The highest BCUT2D eigenvalue weighted by Gasteiger charge is 2.08. The Morgan fingerprint density at radius 2 is 1.81 bits per heavy atom. The zero-order chi connectivity index (χ0) is 11.8. The molecule has 0 aliphatic heterocycles. The van der Waals surface area contributed by atoms with Crippen molar-refractivity contribution in [3.63, 3.8) is 0 Å². The molecule has 1 aromatic carbocycles. The van der Waals surface area contributed by atoms with Crippen LogP contribution in [0.15, 0.2) is 24.3 Å². The summed E-state index contributed by atoms with van der Waals surface area (Å²) in [7, 11) is 0. The van der Waals surface area contributed by atoms with Gasteiger partial charge in [0.1, 0.15) is 6.07 Å². The topological polar surface area (TPSA) is 35.8 Å². The molecule has 1 aromatic rings. The summed E-state index contributed by atoms with van der Waals surface area (Å²) in [4.78, 5) is 0. The molecule has 0 amide bonds. The molecule has 2 nitrogen and oxygen atoms in total. The second-order valence-corrected chi connectivity index (χ2v) is 4.08. The van der Waals surface area contributed by atoms with Crippen molar-refractivity contribution in [2.45, 2.75) is 45.6 Å². The molecule has 0 fully saturated rings. The average Bonchev–Trinajstić information content (AvgIpc) is 2.30. The van der Waals surface area contributed by atoms with Gasteiger partial charge in [-0.3, -0.25) is 0 Å². The van der Waals surface area contributed by atoms with E-state index in [0.717, 1.165) is 24.1 Å². The van der Waals surface area contributed by atoms with E-state index in [1.54, 1.807) is 0 Å². The molecule has 0 unspecified atom stereocenters. The summed E-state index contributed by atoms with van der Waals surface area (Å²) in [5.74, 6) is 0. The van der Waals surface area contributed by atoms with E-state index in [1.165, 1.54) is 12.8 Å². The molecular formula is C14H20N2. The van der Waals surface area contributed by atoms with Crippen molar-refractivity contribution < 1.29 is 0 Å². The smallest absolute Gasteiger partial charge is 0.101 e. The number of nitriles is 1. The van der Waals surface area contributed by atoms with Gasteiger partial charge in [0.05, 0.1) is 11.3 Å². The molecule has 16 heavy (non-hydrogen) atoms. The Kier molecular flexibility index (Phi) is 5.42. The van der Waals surface area contributed by atoms with Gasteiger partial charge in [-0.2, -0.15) is 5.26 Å². The molecular weight excluding hydrogens is 196 g/mol. The lowest BCUT2D eigenvalue weighted by Crippen LogP contribution is -2.19. The Hall–Kier alpha value is -1.49. The first kappa shape index (κ1) is 12.6. The van der Waals surface area contributed by atoms with E-state index in [9.17, 15) is 0 Å². The molecule has 0 bridgehead atoms. The Morgan fingerprint density at radius 1 is 1.19 bits per heavy atom. The number of para-hydroxylation sites is 1. The Morgan fingerprint density at radius 3 is 2.38 bits per heavy atom. The number of nitrogens with one attached hydrogen (secondary N) is 1. The first-order valence-corrected chi connectivity index (χ1v) is 6.07. The molecule has 0 heterocycles. The van der Waals surface area contributed by atoms with E-state index in [-0.39, 0.29) is 0 Å². The molecule has 1 N–H and O–H groups in total. The second kappa shape index (κ2) is 6.90. The Balaban J connectivity index is 2.72. The van der Waals surface area contributed by atoms with Crippen molar-refractivity contribution in [1.82, 2.24) is 0 Å². The second-order valence-electron chi connectivity index (χ2n) is 4.08. The van der Waals surface area contributed by atoms with Crippen LogP contribution >= 0.6 is 0 Å². The maximum Gasteiger partial charge on any atom is 0.101 e. The molecule has 0 aromatic heterocycles. The fourth-order valence-corrected chi connectivity index (χ4v) is 1.91. The van der Waals surface area contributed by atoms with Crippen molar-refractivity contribution in [3.8, 4) is 6.07 Å². The molecule has 1 rings (SSSR count). The number of hydrogen-bond acceptors (Lipinski definition) is 2. The highest BCUT2D eigenvalue weighted by Crippen LogP contribution is 2.18. The van der Waals surface area contributed by atoms with Crippen molar-refractivity contribution in [2.24, 2.45) is 0 Å². The standard InChI is InChI=1S/C14H20N2/c1-3-7-13(8-4-2)16-14-10-6-5-9-12(14)11-15/h5-6,9-10,13,16H,3-4,7-8H2,1-2H3. The minimum atomic E-state index is 0.490. The van der Waals surface area contributed by atoms with E-state index in [4.69, 9.17) is 5.26 Å². The largest absolute Gasteiger partial charge is 0.381 e. The zero-order valence-corrected chi connectivity index (χ0v) is 10.2. The summed E-state index contributed by atoms with van der Waals surface area (Å²) in [5, 5.41) is 12.5. The van der Waals surface area contributed by atoms with Crippen LogP contribution in [0, 0.1) is 11.3 Å². The molecule has 2 heteroatoms. The Labute approximate surface area is 98.3 Å². The third-order valence-electron chi connectivity index (χ3n) is 2.68. The van der Waals surface area contributed by atoms with Gasteiger partial charge in [-0.25, -0.2) is 0 Å². The third kappa shape index (κ3) is 3.58. The van der Waals surface area contributed by atoms with Gasteiger partial charge in [-0.05, 0) is 25.0 Å². The summed E-state index contributed by atoms with van der Waals surface area (Å²) < 4.78 is 0. The van der Waals surface area contributed by atoms with Crippen molar-refractivity contribution in [3.05, 3.63) is 29.8 Å². The molecule has 0 aliphatic rings. The molecule has 86 valence electrons. The highest BCUT2D eigenvalue weighted by atomic mass is 14.9. The minimum absolute atomic E-state index is 0.490. The van der Waals surface area contributed by atoms with E-state index in [2.05, 4.69) is 25.2 Å². The maximum absolute atomic E-state index is 9.00. The van der Waals surface area contributed by atoms with Gasteiger partial charge in [0.25, 0.3) is 0 Å². The van der Waals surface area contributed by atoms with Crippen LogP contribution < -0.4 is 5.32 Å². The quantitative estimate of drug-likeness (QED) is 0.781. The van der Waals surface area contributed by atoms with Crippen LogP contribution in [0.3, 0.4) is 0 Å². The lowest BCUT2D eigenvalue weighted by molar-refractivity contribution is 0.586. The predicted octanol–water partition coefficient (Wildman–Crippen LogP) is 3.94. The predicted molar refractivity (Wildman–Crippen MR) is 68.4 cm³/mol. The van der Waals surface area contributed by atoms with E-state index in [0.29, 0.717) is 6.04 Å². The van der Waals surface area contributed by atoms with Gasteiger partial charge in [0, 0.05) is 6.04 Å². The van der Waals surface area contributed by atoms with E-state index >= 15 is 0 Å². The molecule has 0 radical (unpaired) electrons. The van der Waals surface area contributed by atoms with Gasteiger partial charge >= 0.3 is 0 Å². The fourth-order valence-electron chi connectivity index (χ4n) is 1.91. The number of rotatable bonds is 6. The van der Waals surface area contributed by atoms with Gasteiger partial charge < -0.3 is 5.32 Å². The summed E-state index contributed by atoms with van der Waals surface area (Å²) in [6.07, 6.45) is 4.67. The van der Waals surface area contributed by atoms with Crippen molar-refractivity contribution in [1.29, 1.82) is 5.26 Å². The van der Waals surface area contributed by atoms with Crippen LogP contribution in [0.25, 0.3) is 0 Å². The normalized spacial score (nSPS) is 10.1. The molecule has 0 spiro atoms. The number of anilines is 1. The zero-order valence-electron chi connectivity index (χ0n) is 10.2. The van der Waals surface area contributed by atoms with Gasteiger partial charge in [0.2, 0.25) is 0 Å². The van der Waals surface area contributed by atoms with Crippen LogP contribution in [-0.2, 0) is 0 Å². The lowest BCUT2D eigenvalue weighted by Gasteiger charge is -2.19. The SMILES string of the molecule is CCCC(CCC)Nc1ccccc1C#N. The number of hydrogen-bond donors (Lipinski definition) is 1. The van der Waals surface area contributed by atoms with Crippen LogP contribution in [0.2, 0.25) is 0 Å². The number of nitrogens with zero attached hydrogens (tertiary/aromatic N) is 1. The third-order valence-corrected chi connectivity index (χ3v) is 2.68. The van der Waals surface area contributed by atoms with Crippen molar-refractivity contribution >= 4 is 5.69 Å². The van der Waals surface area contributed by atoms with Crippen LogP contribution in [-0.4, -0.2) is 6.04 Å². The first-order chi connectivity index (χ1) is 7.81. The minimum Gasteiger partial charge on any atom is -0.381 e. The molecule has 0 saturated carbocycles. The monoisotopic (exact) mass is 216 g/mol. The van der Waals surface area contributed by atoms with Gasteiger partial charge in [-0.15, -0.1) is 0 Å². The Bertz CT molecular complexity index is 346. The summed E-state index contributed by atoms with van der Waals surface area (Å²) in [5.41, 5.74) is 1.71. The first-order valence-electron chi connectivity index (χ1n) is 6.07. The summed E-state index contributed by atoms with van der Waals surface area (Å²) >= 11 is 0. The van der Waals surface area contributed by atoms with Gasteiger partial charge in [-0.1, -0.05) is 38.8 Å². The molecule has 0 aliphatic carbocycles. The number of benzene rings is 1. The summed E-state index contributed by atoms with van der Waals surface area (Å²) in [6, 6.07) is 10.4. The average molecular weight is 216 g/mol. The van der Waals surface area contributed by atoms with Crippen LogP contribution in [0.4, 0.5) is 5.69 Å². The molecule has 0 saturated heterocycles. The van der Waals surface area contributed by atoms with Crippen LogP contribution in [0.1, 0.15) is 45.1 Å². The van der Waals surface area contributed by atoms with E-state index in [1.807, 2.05) is 24.3 Å². The fraction of sp³-hybridized carbons (Fsp3) is 0.500. The molecule has 0 atom stereocenters. The maximum atomic E-state index is 9.00. The summed E-state index contributed by atoms with van der Waals surface area (Å²) in [6.45, 7) is 4.39. The lowest BCUT2D eigenvalue weighted by atomic mass is 10.1. The van der Waals surface area contributed by atoms with Gasteiger partial charge in [0.15, 0.2) is 0 Å².